The molecule has 0 fully saturated rings. The molecule has 0 radical (unpaired) electrons. The van der Waals surface area contributed by atoms with Gasteiger partial charge in [-0.15, -0.1) is 0 Å². The van der Waals surface area contributed by atoms with E-state index >= 15 is 0 Å². The molecule has 0 aliphatic rings. The van der Waals surface area contributed by atoms with Gasteiger partial charge in [-0.1, -0.05) is 103 Å². The van der Waals surface area contributed by atoms with Crippen molar-refractivity contribution in [2.75, 3.05) is 6.54 Å². The van der Waals surface area contributed by atoms with Crippen molar-refractivity contribution in [1.82, 2.24) is 10.2 Å². The van der Waals surface area contributed by atoms with Gasteiger partial charge in [0.25, 0.3) is 0 Å². The van der Waals surface area contributed by atoms with Crippen LogP contribution in [0.3, 0.4) is 0 Å². The molecule has 3 aromatic rings. The van der Waals surface area contributed by atoms with E-state index in [9.17, 15) is 9.59 Å². The number of hydrogen-bond donors (Lipinski definition) is 1. The van der Waals surface area contributed by atoms with E-state index in [4.69, 9.17) is 23.2 Å². The number of hydrogen-bond acceptors (Lipinski definition) is 2. The smallest absolute Gasteiger partial charge is 0.243 e. The van der Waals surface area contributed by atoms with Gasteiger partial charge < -0.3 is 10.2 Å². The average Bonchev–Trinajstić information content (AvgIpc) is 2.86. The van der Waals surface area contributed by atoms with E-state index in [1.807, 2.05) is 81.4 Å². The summed E-state index contributed by atoms with van der Waals surface area (Å²) in [5.41, 5.74) is 4.08. The third kappa shape index (κ3) is 8.39. The maximum Gasteiger partial charge on any atom is 0.243 e. The van der Waals surface area contributed by atoms with E-state index in [1.165, 1.54) is 5.56 Å². The second-order valence-electron chi connectivity index (χ2n) is 9.60. The number of aryl methyl sites for hydroxylation is 2. The van der Waals surface area contributed by atoms with Crippen LogP contribution in [0.5, 0.6) is 0 Å². The molecule has 0 saturated carbocycles. The standard InChI is InChI=1S/C30H34Cl2N2O2/c1-21(2)19-33-30(36)28(18-24-7-5-4-6-8-24)34(20-25-13-15-26(31)27(32)17-25)29(35)16-14-23-11-9-22(3)10-12-23/h4-13,15,17,21,28H,14,16,18-20H2,1-3H3,(H,33,36)/t28-/m1/s1. The minimum absolute atomic E-state index is 0.0812. The van der Waals surface area contributed by atoms with Crippen molar-refractivity contribution in [3.8, 4) is 0 Å². The number of carbonyl (C=O) groups is 2. The number of rotatable bonds is 11. The molecule has 0 bridgehead atoms. The van der Waals surface area contributed by atoms with Crippen LogP contribution in [0.4, 0.5) is 0 Å². The molecule has 0 aliphatic heterocycles. The molecule has 3 rings (SSSR count). The van der Waals surface area contributed by atoms with Crippen LogP contribution in [0, 0.1) is 12.8 Å². The van der Waals surface area contributed by atoms with Gasteiger partial charge in [0.05, 0.1) is 10.0 Å². The summed E-state index contributed by atoms with van der Waals surface area (Å²) in [7, 11) is 0. The predicted octanol–water partition coefficient (Wildman–Crippen LogP) is 6.65. The Labute approximate surface area is 224 Å². The molecule has 36 heavy (non-hydrogen) atoms. The first kappa shape index (κ1) is 27.8. The van der Waals surface area contributed by atoms with Crippen LogP contribution in [-0.4, -0.2) is 29.3 Å². The Hall–Kier alpha value is -2.82. The molecule has 0 saturated heterocycles. The molecule has 0 spiro atoms. The van der Waals surface area contributed by atoms with Gasteiger partial charge in [-0.05, 0) is 48.1 Å². The number of carbonyl (C=O) groups excluding carboxylic acids is 2. The molecule has 1 atom stereocenters. The molecule has 0 aliphatic carbocycles. The van der Waals surface area contributed by atoms with E-state index in [0.717, 1.165) is 16.7 Å². The average molecular weight is 526 g/mol. The molecule has 4 nitrogen and oxygen atoms in total. The minimum atomic E-state index is -0.661. The van der Waals surface area contributed by atoms with Gasteiger partial charge in [0.2, 0.25) is 11.8 Å². The van der Waals surface area contributed by atoms with E-state index < -0.39 is 6.04 Å². The molecular weight excluding hydrogens is 491 g/mol. The van der Waals surface area contributed by atoms with Crippen molar-refractivity contribution in [2.24, 2.45) is 5.92 Å². The van der Waals surface area contributed by atoms with Crippen molar-refractivity contribution in [1.29, 1.82) is 0 Å². The Morgan fingerprint density at radius 2 is 1.53 bits per heavy atom. The molecule has 3 aromatic carbocycles. The molecule has 1 N–H and O–H groups in total. The fraction of sp³-hybridized carbons (Fsp3) is 0.333. The summed E-state index contributed by atoms with van der Waals surface area (Å²) < 4.78 is 0. The Balaban J connectivity index is 1.91. The lowest BCUT2D eigenvalue weighted by atomic mass is 10.0. The van der Waals surface area contributed by atoms with Crippen molar-refractivity contribution in [3.05, 3.63) is 105 Å². The Morgan fingerprint density at radius 3 is 2.17 bits per heavy atom. The van der Waals surface area contributed by atoms with Crippen LogP contribution in [0.25, 0.3) is 0 Å². The first-order chi connectivity index (χ1) is 17.2. The molecule has 0 aromatic heterocycles. The second-order valence-corrected chi connectivity index (χ2v) is 10.4. The van der Waals surface area contributed by atoms with Crippen molar-refractivity contribution < 1.29 is 9.59 Å². The summed E-state index contributed by atoms with van der Waals surface area (Å²) in [5, 5.41) is 3.92. The fourth-order valence-corrected chi connectivity index (χ4v) is 4.28. The fourth-order valence-electron chi connectivity index (χ4n) is 3.96. The van der Waals surface area contributed by atoms with Crippen molar-refractivity contribution >= 4 is 35.0 Å². The highest BCUT2D eigenvalue weighted by atomic mass is 35.5. The first-order valence-electron chi connectivity index (χ1n) is 12.3. The molecule has 0 unspecified atom stereocenters. The van der Waals surface area contributed by atoms with Crippen molar-refractivity contribution in [2.45, 2.75) is 52.6 Å². The number of nitrogens with zero attached hydrogens (tertiary/aromatic N) is 1. The van der Waals surface area contributed by atoms with Crippen LogP contribution in [0.2, 0.25) is 10.0 Å². The van der Waals surface area contributed by atoms with E-state index in [-0.39, 0.29) is 18.4 Å². The third-order valence-electron chi connectivity index (χ3n) is 6.04. The minimum Gasteiger partial charge on any atom is -0.354 e. The molecule has 0 heterocycles. The maximum absolute atomic E-state index is 13.7. The largest absolute Gasteiger partial charge is 0.354 e. The monoisotopic (exact) mass is 524 g/mol. The van der Waals surface area contributed by atoms with Crippen LogP contribution in [0.15, 0.2) is 72.8 Å². The second kappa shape index (κ2) is 13.5. The summed E-state index contributed by atoms with van der Waals surface area (Å²) in [6, 6.07) is 22.6. The lowest BCUT2D eigenvalue weighted by molar-refractivity contribution is -0.141. The summed E-state index contributed by atoms with van der Waals surface area (Å²) >= 11 is 12.4. The summed E-state index contributed by atoms with van der Waals surface area (Å²) in [6.07, 6.45) is 1.32. The van der Waals surface area contributed by atoms with E-state index in [2.05, 4.69) is 5.32 Å². The molecule has 190 valence electrons. The number of amides is 2. The van der Waals surface area contributed by atoms with Crippen LogP contribution in [-0.2, 0) is 29.0 Å². The SMILES string of the molecule is Cc1ccc(CCC(=O)N(Cc2ccc(Cl)c(Cl)c2)[C@H](Cc2ccccc2)C(=O)NCC(C)C)cc1. The van der Waals surface area contributed by atoms with E-state index in [0.29, 0.717) is 41.8 Å². The van der Waals surface area contributed by atoms with Gasteiger partial charge in [-0.2, -0.15) is 0 Å². The Kier molecular flexibility index (Phi) is 10.4. The first-order valence-corrected chi connectivity index (χ1v) is 13.1. The summed E-state index contributed by atoms with van der Waals surface area (Å²) in [4.78, 5) is 28.9. The van der Waals surface area contributed by atoms with Crippen molar-refractivity contribution in [3.63, 3.8) is 0 Å². The highest BCUT2D eigenvalue weighted by molar-refractivity contribution is 6.42. The topological polar surface area (TPSA) is 49.4 Å². The zero-order valence-corrected chi connectivity index (χ0v) is 22.6. The summed E-state index contributed by atoms with van der Waals surface area (Å²) in [5.74, 6) is 0.0608. The van der Waals surface area contributed by atoms with Crippen LogP contribution >= 0.6 is 23.2 Å². The zero-order chi connectivity index (χ0) is 26.1. The molecule has 2 amide bonds. The van der Waals surface area contributed by atoms with Gasteiger partial charge in [0.15, 0.2) is 0 Å². The zero-order valence-electron chi connectivity index (χ0n) is 21.1. The number of halogens is 2. The quantitative estimate of drug-likeness (QED) is 0.305. The predicted molar refractivity (Wildman–Crippen MR) is 148 cm³/mol. The van der Waals surface area contributed by atoms with Gasteiger partial charge in [-0.3, -0.25) is 9.59 Å². The lowest BCUT2D eigenvalue weighted by Gasteiger charge is -2.32. The molecule has 6 heteroatoms. The maximum atomic E-state index is 13.7. The lowest BCUT2D eigenvalue weighted by Crippen LogP contribution is -2.51. The Bertz CT molecular complexity index is 1150. The number of nitrogens with one attached hydrogen (secondary N) is 1. The van der Waals surface area contributed by atoms with Crippen LogP contribution in [0.1, 0.15) is 42.5 Å². The van der Waals surface area contributed by atoms with E-state index in [1.54, 1.807) is 17.0 Å². The Morgan fingerprint density at radius 1 is 0.861 bits per heavy atom. The normalized spacial score (nSPS) is 11.8. The highest BCUT2D eigenvalue weighted by Gasteiger charge is 2.30. The van der Waals surface area contributed by atoms with Gasteiger partial charge >= 0.3 is 0 Å². The van der Waals surface area contributed by atoms with Gasteiger partial charge in [0, 0.05) is 25.9 Å². The van der Waals surface area contributed by atoms with Gasteiger partial charge in [-0.25, -0.2) is 0 Å². The molecular formula is C30H34Cl2N2O2. The third-order valence-corrected chi connectivity index (χ3v) is 6.78. The number of benzene rings is 3. The highest BCUT2D eigenvalue weighted by Crippen LogP contribution is 2.25. The van der Waals surface area contributed by atoms with Crippen LogP contribution < -0.4 is 5.32 Å². The van der Waals surface area contributed by atoms with Gasteiger partial charge in [0.1, 0.15) is 6.04 Å². The summed E-state index contributed by atoms with van der Waals surface area (Å²) in [6.45, 7) is 6.94.